The maximum atomic E-state index is 13.6. The molecular formula is C26H32F3N5O2. The normalized spacial score (nSPS) is 17.4. The minimum atomic E-state index is -4.50. The fourth-order valence-corrected chi connectivity index (χ4v) is 4.80. The van der Waals surface area contributed by atoms with E-state index < -0.39 is 17.8 Å². The Kier molecular flexibility index (Phi) is 7.17. The van der Waals surface area contributed by atoms with E-state index in [1.807, 2.05) is 6.07 Å². The lowest BCUT2D eigenvalue weighted by atomic mass is 9.96. The second kappa shape index (κ2) is 10.0. The lowest BCUT2D eigenvalue weighted by Crippen LogP contribution is -2.30. The molecule has 0 unspecified atom stereocenters. The fraction of sp³-hybridized carbons (Fsp3) is 0.462. The maximum Gasteiger partial charge on any atom is 0.416 e. The van der Waals surface area contributed by atoms with Crippen molar-refractivity contribution in [3.8, 4) is 11.5 Å². The third kappa shape index (κ3) is 5.28. The minimum absolute atomic E-state index is 0.0533. The number of anilines is 2. The minimum Gasteiger partial charge on any atom is -0.493 e. The summed E-state index contributed by atoms with van der Waals surface area (Å²) in [5.74, 6) is 2.13. The van der Waals surface area contributed by atoms with Crippen LogP contribution in [0.25, 0.3) is 10.9 Å². The fourth-order valence-electron chi connectivity index (χ4n) is 4.80. The average molecular weight is 504 g/mol. The van der Waals surface area contributed by atoms with E-state index in [0.717, 1.165) is 25.5 Å². The number of rotatable bonds is 7. The summed E-state index contributed by atoms with van der Waals surface area (Å²) in [4.78, 5) is 11.4. The number of nitrogens with two attached hydrogens (primary N) is 1. The van der Waals surface area contributed by atoms with Gasteiger partial charge < -0.3 is 25.4 Å². The molecule has 2 aromatic carbocycles. The SMILES string of the molecule is COc1cc2nc(C)nc(N[C@H](C)c3cc(N)cc(C(F)(F)F)c3C)c2cc1OC[C@@H]1CCCN1C. The molecule has 10 heteroatoms. The first-order valence-corrected chi connectivity index (χ1v) is 11.9. The lowest BCUT2D eigenvalue weighted by Gasteiger charge is -2.23. The number of nitrogens with one attached hydrogen (secondary N) is 1. The number of fused-ring (bicyclic) bond motifs is 1. The third-order valence-corrected chi connectivity index (χ3v) is 6.79. The topological polar surface area (TPSA) is 85.5 Å². The molecule has 0 bridgehead atoms. The van der Waals surface area contributed by atoms with E-state index >= 15 is 0 Å². The summed E-state index contributed by atoms with van der Waals surface area (Å²) in [5, 5.41) is 3.96. The zero-order valence-corrected chi connectivity index (χ0v) is 21.2. The van der Waals surface area contributed by atoms with Gasteiger partial charge in [0, 0.05) is 23.2 Å². The number of halogens is 3. The van der Waals surface area contributed by atoms with Crippen LogP contribution >= 0.6 is 0 Å². The van der Waals surface area contributed by atoms with Gasteiger partial charge in [-0.15, -0.1) is 0 Å². The smallest absolute Gasteiger partial charge is 0.416 e. The van der Waals surface area contributed by atoms with Crippen LogP contribution in [0.5, 0.6) is 11.5 Å². The number of nitrogens with zero attached hydrogens (tertiary/aromatic N) is 3. The Morgan fingerprint density at radius 2 is 1.92 bits per heavy atom. The van der Waals surface area contributed by atoms with Crippen molar-refractivity contribution in [2.75, 3.05) is 38.4 Å². The zero-order chi connectivity index (χ0) is 26.2. The first kappa shape index (κ1) is 25.8. The van der Waals surface area contributed by atoms with Gasteiger partial charge in [0.25, 0.3) is 0 Å². The molecule has 0 spiro atoms. The largest absolute Gasteiger partial charge is 0.493 e. The van der Waals surface area contributed by atoms with Crippen LogP contribution in [-0.4, -0.2) is 48.2 Å². The van der Waals surface area contributed by atoms with Gasteiger partial charge in [-0.05, 0) is 76.5 Å². The number of nitrogen functional groups attached to an aromatic ring is 1. The predicted octanol–water partition coefficient (Wildman–Crippen LogP) is 5.50. The highest BCUT2D eigenvalue weighted by atomic mass is 19.4. The van der Waals surface area contributed by atoms with E-state index in [4.69, 9.17) is 15.2 Å². The molecule has 7 nitrogen and oxygen atoms in total. The molecule has 2 atom stereocenters. The van der Waals surface area contributed by atoms with E-state index in [9.17, 15) is 13.2 Å². The molecule has 0 radical (unpaired) electrons. The van der Waals surface area contributed by atoms with Crippen molar-refractivity contribution >= 4 is 22.4 Å². The number of ether oxygens (including phenoxy) is 2. The first-order chi connectivity index (χ1) is 17.0. The summed E-state index contributed by atoms with van der Waals surface area (Å²) in [6, 6.07) is 5.96. The number of hydrogen-bond donors (Lipinski definition) is 2. The number of alkyl halides is 3. The molecule has 194 valence electrons. The van der Waals surface area contributed by atoms with E-state index in [2.05, 4.69) is 27.2 Å². The van der Waals surface area contributed by atoms with Gasteiger partial charge in [-0.2, -0.15) is 13.2 Å². The third-order valence-electron chi connectivity index (χ3n) is 6.79. The van der Waals surface area contributed by atoms with Crippen molar-refractivity contribution in [3.63, 3.8) is 0 Å². The van der Waals surface area contributed by atoms with Gasteiger partial charge in [-0.3, -0.25) is 0 Å². The van der Waals surface area contributed by atoms with E-state index in [-0.39, 0.29) is 11.3 Å². The number of methoxy groups -OCH3 is 1. The zero-order valence-electron chi connectivity index (χ0n) is 21.2. The average Bonchev–Trinajstić information content (AvgIpc) is 3.22. The van der Waals surface area contributed by atoms with Crippen LogP contribution in [0.2, 0.25) is 0 Å². The van der Waals surface area contributed by atoms with Crippen molar-refractivity contribution in [2.24, 2.45) is 0 Å². The van der Waals surface area contributed by atoms with Gasteiger partial charge in [-0.1, -0.05) is 0 Å². The van der Waals surface area contributed by atoms with Crippen molar-refractivity contribution in [3.05, 3.63) is 46.8 Å². The second-order valence-corrected chi connectivity index (χ2v) is 9.37. The summed E-state index contributed by atoms with van der Waals surface area (Å²) in [6.07, 6.45) is -2.29. The maximum absolute atomic E-state index is 13.6. The molecule has 36 heavy (non-hydrogen) atoms. The number of aromatic nitrogens is 2. The highest BCUT2D eigenvalue weighted by Gasteiger charge is 2.34. The molecule has 0 amide bonds. The monoisotopic (exact) mass is 503 g/mol. The second-order valence-electron chi connectivity index (χ2n) is 9.37. The van der Waals surface area contributed by atoms with Gasteiger partial charge in [0.1, 0.15) is 18.2 Å². The molecule has 1 aliphatic heterocycles. The highest BCUT2D eigenvalue weighted by molar-refractivity contribution is 5.92. The van der Waals surface area contributed by atoms with E-state index in [0.29, 0.717) is 52.3 Å². The number of likely N-dealkylation sites (N-methyl/N-ethyl adjacent to an activating group) is 1. The molecular weight excluding hydrogens is 471 g/mol. The molecule has 1 fully saturated rings. The number of hydrogen-bond acceptors (Lipinski definition) is 7. The molecule has 3 N–H and O–H groups in total. The van der Waals surface area contributed by atoms with Gasteiger partial charge in [0.2, 0.25) is 0 Å². The van der Waals surface area contributed by atoms with Crippen LogP contribution in [0.3, 0.4) is 0 Å². The van der Waals surface area contributed by atoms with Gasteiger partial charge >= 0.3 is 6.18 Å². The van der Waals surface area contributed by atoms with Crippen LogP contribution < -0.4 is 20.5 Å². The van der Waals surface area contributed by atoms with Crippen LogP contribution in [0.1, 0.15) is 48.3 Å². The Hall–Kier alpha value is -3.27. The van der Waals surface area contributed by atoms with E-state index in [1.165, 1.54) is 6.92 Å². The summed E-state index contributed by atoms with van der Waals surface area (Å²) < 4.78 is 52.4. The first-order valence-electron chi connectivity index (χ1n) is 11.9. The molecule has 1 aliphatic rings. The summed E-state index contributed by atoms with van der Waals surface area (Å²) in [6.45, 7) is 6.56. The molecule has 0 aliphatic carbocycles. The van der Waals surface area contributed by atoms with Crippen molar-refractivity contribution in [2.45, 2.75) is 51.9 Å². The quantitative estimate of drug-likeness (QED) is 0.412. The lowest BCUT2D eigenvalue weighted by molar-refractivity contribution is -0.138. The molecule has 3 aromatic rings. The molecule has 1 saturated heterocycles. The highest BCUT2D eigenvalue weighted by Crippen LogP contribution is 2.39. The van der Waals surface area contributed by atoms with Crippen LogP contribution in [-0.2, 0) is 6.18 Å². The molecule has 1 aromatic heterocycles. The molecule has 0 saturated carbocycles. The van der Waals surface area contributed by atoms with Crippen LogP contribution in [0.4, 0.5) is 24.7 Å². The predicted molar refractivity (Wildman–Crippen MR) is 135 cm³/mol. The van der Waals surface area contributed by atoms with E-state index in [1.54, 1.807) is 33.1 Å². The Morgan fingerprint density at radius 3 is 2.56 bits per heavy atom. The standard InChI is InChI=1S/C26H32F3N5O2/c1-14-19(9-17(30)10-21(14)26(27,28)29)15(2)31-25-20-11-24(36-13-18-7-6-8-34(18)4)23(35-5)12-22(20)32-16(3)33-25/h9-12,15,18H,6-8,13,30H2,1-5H3,(H,31,32,33)/t15-,18+/m1/s1. The van der Waals surface area contributed by atoms with Crippen LogP contribution in [0.15, 0.2) is 24.3 Å². The number of likely N-dealkylation sites (tertiary alicyclic amines) is 1. The van der Waals surface area contributed by atoms with Crippen molar-refractivity contribution in [1.29, 1.82) is 0 Å². The van der Waals surface area contributed by atoms with Crippen molar-refractivity contribution < 1.29 is 22.6 Å². The Balaban J connectivity index is 1.70. The van der Waals surface area contributed by atoms with Crippen molar-refractivity contribution in [1.82, 2.24) is 14.9 Å². The summed E-state index contributed by atoms with van der Waals surface area (Å²) in [7, 11) is 3.66. The van der Waals surface area contributed by atoms with Gasteiger partial charge in [-0.25, -0.2) is 9.97 Å². The molecule has 2 heterocycles. The summed E-state index contributed by atoms with van der Waals surface area (Å²) in [5.41, 5.74) is 6.35. The van der Waals surface area contributed by atoms with Crippen LogP contribution in [0, 0.1) is 13.8 Å². The Morgan fingerprint density at radius 1 is 1.17 bits per heavy atom. The number of benzene rings is 2. The van der Waals surface area contributed by atoms with Gasteiger partial charge in [0.15, 0.2) is 11.5 Å². The van der Waals surface area contributed by atoms with Gasteiger partial charge in [0.05, 0.1) is 24.2 Å². The Bertz CT molecular complexity index is 1260. The summed E-state index contributed by atoms with van der Waals surface area (Å²) >= 11 is 0. The molecule has 4 rings (SSSR count). The Labute approximate surface area is 208 Å². The number of aryl methyl sites for hydroxylation is 1.